The van der Waals surface area contributed by atoms with Gasteiger partial charge in [0.05, 0.1) is 6.10 Å². The Morgan fingerprint density at radius 1 is 1.02 bits per heavy atom. The molecule has 3 atom stereocenters. The largest absolute Gasteiger partial charge is 0.491 e. The quantitative estimate of drug-likeness (QED) is 0.137. The third kappa shape index (κ3) is 11.4. The molecule has 0 aliphatic carbocycles. The second-order valence-electron chi connectivity index (χ2n) is 12.0. The fraction of sp³-hybridized carbons (Fsp3) is 0.353. The van der Waals surface area contributed by atoms with Crippen LogP contribution in [0.4, 0.5) is 0 Å². The normalized spacial score (nSPS) is 13.4. The lowest BCUT2D eigenvalue weighted by molar-refractivity contribution is -0.132. The van der Waals surface area contributed by atoms with Gasteiger partial charge in [0.1, 0.15) is 41.8 Å². The topological polar surface area (TPSA) is 196 Å². The Labute approximate surface area is 273 Å². The molecule has 0 fully saturated rings. The standard InChI is InChI=1S/C34H40N6O7/c1-20-7-9-24(10-8-20)18-36-31(43)28(37-33(45)29(22(3)41)38-32(44)27-15-21(2)47-40-27)19-46-26-13-11-23(12-14-26)16-25(17-35)30(42)39-34(4,5)6/h7-16,22,28-29,41H,18-19H2,1-6H3,(H,36,43)(H,37,45)(H,38,44)(H,39,42)/t22-,28?,29+/m1/s1. The predicted octanol–water partition coefficient (Wildman–Crippen LogP) is 2.47. The van der Waals surface area contributed by atoms with E-state index in [1.54, 1.807) is 31.2 Å². The average Bonchev–Trinajstić information content (AvgIpc) is 3.45. The van der Waals surface area contributed by atoms with E-state index in [1.807, 2.05) is 58.0 Å². The highest BCUT2D eigenvalue weighted by molar-refractivity contribution is 6.02. The van der Waals surface area contributed by atoms with E-state index in [9.17, 15) is 29.5 Å². The van der Waals surface area contributed by atoms with Crippen LogP contribution in [0.25, 0.3) is 6.08 Å². The number of hydrogen-bond donors (Lipinski definition) is 5. The molecule has 47 heavy (non-hydrogen) atoms. The highest BCUT2D eigenvalue weighted by Crippen LogP contribution is 2.16. The lowest BCUT2D eigenvalue weighted by Gasteiger charge is -2.24. The summed E-state index contributed by atoms with van der Waals surface area (Å²) in [5.74, 6) is -1.92. The van der Waals surface area contributed by atoms with Gasteiger partial charge in [-0.2, -0.15) is 5.26 Å². The van der Waals surface area contributed by atoms with Gasteiger partial charge >= 0.3 is 0 Å². The number of rotatable bonds is 13. The summed E-state index contributed by atoms with van der Waals surface area (Å²) < 4.78 is 10.7. The van der Waals surface area contributed by atoms with Crippen LogP contribution in [0.5, 0.6) is 5.75 Å². The first-order valence-electron chi connectivity index (χ1n) is 14.9. The van der Waals surface area contributed by atoms with Crippen LogP contribution < -0.4 is 26.0 Å². The van der Waals surface area contributed by atoms with Crippen molar-refractivity contribution < 1.29 is 33.5 Å². The number of nitrogens with zero attached hydrogens (tertiary/aromatic N) is 2. The number of aryl methyl sites for hydroxylation is 2. The second-order valence-corrected chi connectivity index (χ2v) is 12.0. The van der Waals surface area contributed by atoms with Crippen molar-refractivity contribution in [2.75, 3.05) is 6.61 Å². The van der Waals surface area contributed by atoms with Crippen molar-refractivity contribution in [2.45, 2.75) is 71.8 Å². The van der Waals surface area contributed by atoms with Crippen molar-refractivity contribution in [1.82, 2.24) is 26.4 Å². The summed E-state index contributed by atoms with van der Waals surface area (Å²) in [6, 6.07) is 14.6. The van der Waals surface area contributed by atoms with Crippen molar-refractivity contribution in [3.8, 4) is 11.8 Å². The molecule has 4 amide bonds. The minimum atomic E-state index is -1.43. The lowest BCUT2D eigenvalue weighted by atomic mass is 10.1. The third-order valence-corrected chi connectivity index (χ3v) is 6.59. The fourth-order valence-corrected chi connectivity index (χ4v) is 4.12. The summed E-state index contributed by atoms with van der Waals surface area (Å²) in [7, 11) is 0. The van der Waals surface area contributed by atoms with Crippen LogP contribution in [0.15, 0.2) is 64.7 Å². The molecule has 1 unspecified atom stereocenters. The fourth-order valence-electron chi connectivity index (χ4n) is 4.12. The first-order valence-corrected chi connectivity index (χ1v) is 14.9. The molecule has 248 valence electrons. The van der Waals surface area contributed by atoms with Crippen LogP contribution in [-0.4, -0.2) is 64.2 Å². The van der Waals surface area contributed by atoms with Crippen molar-refractivity contribution >= 4 is 29.7 Å². The SMILES string of the molecule is Cc1ccc(CNC(=O)C(COc2ccc(C=C(C#N)C(=O)NC(C)(C)C)cc2)NC(=O)[C@@H](NC(=O)c2cc(C)on2)[C@@H](C)O)cc1. The van der Waals surface area contributed by atoms with Gasteiger partial charge in [-0.05, 0) is 70.9 Å². The molecule has 3 rings (SSSR count). The van der Waals surface area contributed by atoms with Gasteiger partial charge in [0.2, 0.25) is 11.8 Å². The number of aromatic nitrogens is 1. The molecule has 0 saturated carbocycles. The highest BCUT2D eigenvalue weighted by Gasteiger charge is 2.31. The molecule has 0 spiro atoms. The highest BCUT2D eigenvalue weighted by atomic mass is 16.5. The minimum absolute atomic E-state index is 0.0694. The van der Waals surface area contributed by atoms with E-state index in [0.717, 1.165) is 11.1 Å². The van der Waals surface area contributed by atoms with E-state index in [-0.39, 0.29) is 24.4 Å². The van der Waals surface area contributed by atoms with Crippen LogP contribution in [-0.2, 0) is 20.9 Å². The van der Waals surface area contributed by atoms with E-state index in [0.29, 0.717) is 17.1 Å². The van der Waals surface area contributed by atoms with Crippen molar-refractivity contribution in [3.05, 3.63) is 88.3 Å². The summed E-state index contributed by atoms with van der Waals surface area (Å²) >= 11 is 0. The Morgan fingerprint density at radius 3 is 2.23 bits per heavy atom. The van der Waals surface area contributed by atoms with Crippen molar-refractivity contribution in [3.63, 3.8) is 0 Å². The number of nitrogens with one attached hydrogen (secondary N) is 4. The molecular formula is C34H40N6O7. The van der Waals surface area contributed by atoms with E-state index in [1.165, 1.54) is 19.1 Å². The molecule has 2 aromatic carbocycles. The summed E-state index contributed by atoms with van der Waals surface area (Å²) in [4.78, 5) is 51.6. The van der Waals surface area contributed by atoms with E-state index in [2.05, 4.69) is 26.4 Å². The molecule has 5 N–H and O–H groups in total. The summed E-state index contributed by atoms with van der Waals surface area (Å²) in [5.41, 5.74) is 1.80. The minimum Gasteiger partial charge on any atom is -0.491 e. The first-order chi connectivity index (χ1) is 22.1. The molecule has 3 aromatic rings. The molecule has 0 bridgehead atoms. The van der Waals surface area contributed by atoms with Crippen LogP contribution in [0.2, 0.25) is 0 Å². The Morgan fingerprint density at radius 2 is 1.68 bits per heavy atom. The number of ether oxygens (including phenoxy) is 1. The van der Waals surface area contributed by atoms with E-state index in [4.69, 9.17) is 9.26 Å². The molecule has 0 aliphatic heterocycles. The number of aliphatic hydroxyl groups excluding tert-OH is 1. The van der Waals surface area contributed by atoms with Crippen LogP contribution in [0, 0.1) is 25.2 Å². The molecule has 13 heteroatoms. The number of benzene rings is 2. The third-order valence-electron chi connectivity index (χ3n) is 6.59. The monoisotopic (exact) mass is 644 g/mol. The van der Waals surface area contributed by atoms with Gasteiger partial charge in [-0.15, -0.1) is 0 Å². The molecule has 0 aliphatic rings. The number of aliphatic hydroxyl groups is 1. The van der Waals surface area contributed by atoms with Crippen LogP contribution in [0.3, 0.4) is 0 Å². The number of carbonyl (C=O) groups is 4. The molecule has 0 radical (unpaired) electrons. The Hall–Kier alpha value is -5.48. The van der Waals surface area contributed by atoms with Gasteiger partial charge in [0, 0.05) is 18.2 Å². The molecule has 13 nitrogen and oxygen atoms in total. The van der Waals surface area contributed by atoms with Gasteiger partial charge in [-0.3, -0.25) is 19.2 Å². The van der Waals surface area contributed by atoms with Gasteiger partial charge in [-0.1, -0.05) is 47.1 Å². The van der Waals surface area contributed by atoms with Gasteiger partial charge < -0.3 is 35.6 Å². The maximum atomic E-state index is 13.3. The number of carbonyl (C=O) groups excluding carboxylic acids is 4. The zero-order valence-electron chi connectivity index (χ0n) is 27.2. The molecule has 1 heterocycles. The molecule has 1 aromatic heterocycles. The smallest absolute Gasteiger partial charge is 0.274 e. The van der Waals surface area contributed by atoms with Gasteiger partial charge in [-0.25, -0.2) is 0 Å². The summed E-state index contributed by atoms with van der Waals surface area (Å²) in [6.07, 6.45) is 0.116. The number of nitriles is 1. The summed E-state index contributed by atoms with van der Waals surface area (Å²) in [5, 5.41) is 33.9. The maximum Gasteiger partial charge on any atom is 0.274 e. The van der Waals surface area contributed by atoms with Crippen LogP contribution >= 0.6 is 0 Å². The zero-order chi connectivity index (χ0) is 34.7. The average molecular weight is 645 g/mol. The lowest BCUT2D eigenvalue weighted by Crippen LogP contribution is -2.58. The van der Waals surface area contributed by atoms with Crippen molar-refractivity contribution in [1.29, 1.82) is 5.26 Å². The van der Waals surface area contributed by atoms with Gasteiger partial charge in [0.15, 0.2) is 5.69 Å². The Bertz CT molecular complexity index is 1630. The predicted molar refractivity (Wildman–Crippen MR) is 173 cm³/mol. The van der Waals surface area contributed by atoms with Crippen LogP contribution in [0.1, 0.15) is 60.6 Å². The maximum absolute atomic E-state index is 13.3. The van der Waals surface area contributed by atoms with Crippen molar-refractivity contribution in [2.24, 2.45) is 0 Å². The molecule has 0 saturated heterocycles. The Kier molecular flexibility index (Phi) is 12.4. The first kappa shape index (κ1) is 36.0. The second kappa shape index (κ2) is 16.2. The van der Waals surface area contributed by atoms with E-state index >= 15 is 0 Å². The zero-order valence-corrected chi connectivity index (χ0v) is 27.2. The Balaban J connectivity index is 1.74. The van der Waals surface area contributed by atoms with Gasteiger partial charge in [0.25, 0.3) is 11.8 Å². The number of hydrogen-bond acceptors (Lipinski definition) is 9. The molecular weight excluding hydrogens is 604 g/mol. The summed E-state index contributed by atoms with van der Waals surface area (Å²) in [6.45, 7) is 10.2. The van der Waals surface area contributed by atoms with E-state index < -0.39 is 47.4 Å². The number of amides is 4.